The zero-order valence-electron chi connectivity index (χ0n) is 13.8. The van der Waals surface area contributed by atoms with Gasteiger partial charge in [-0.2, -0.15) is 4.98 Å². The van der Waals surface area contributed by atoms with E-state index in [1.165, 1.54) is 0 Å². The average Bonchev–Trinajstić information content (AvgIpc) is 3.21. The third-order valence-electron chi connectivity index (χ3n) is 2.72. The van der Waals surface area contributed by atoms with E-state index in [9.17, 15) is 0 Å². The van der Waals surface area contributed by atoms with Gasteiger partial charge in [0.25, 0.3) is 0 Å². The van der Waals surface area contributed by atoms with Crippen LogP contribution in [0.15, 0.2) is 45.5 Å². The number of nitrogens with zero attached hydrogens (tertiary/aromatic N) is 4. The van der Waals surface area contributed by atoms with Crippen LogP contribution in [0.25, 0.3) is 22.5 Å². The van der Waals surface area contributed by atoms with Gasteiger partial charge in [0.1, 0.15) is 11.9 Å². The third kappa shape index (κ3) is 3.71. The Labute approximate surface area is 134 Å². The SMILES string of the molecule is CC.CC.c1cnc2oc(Cc3nc4ncccc4o3)nc2c1. The second-order valence-electron chi connectivity index (χ2n) is 4.04. The molecule has 0 amide bonds. The summed E-state index contributed by atoms with van der Waals surface area (Å²) in [6, 6.07) is 7.30. The molecule has 4 heterocycles. The van der Waals surface area contributed by atoms with E-state index in [0.717, 1.165) is 5.52 Å². The monoisotopic (exact) mass is 312 g/mol. The largest absolute Gasteiger partial charge is 0.438 e. The van der Waals surface area contributed by atoms with Gasteiger partial charge >= 0.3 is 0 Å². The van der Waals surface area contributed by atoms with Gasteiger partial charge in [-0.15, -0.1) is 0 Å². The molecule has 0 saturated heterocycles. The van der Waals surface area contributed by atoms with Gasteiger partial charge in [-0.3, -0.25) is 0 Å². The number of oxazole rings is 2. The lowest BCUT2D eigenvalue weighted by atomic mass is 10.4. The zero-order chi connectivity index (χ0) is 16.7. The molecule has 4 aromatic heterocycles. The smallest absolute Gasteiger partial charge is 0.246 e. The summed E-state index contributed by atoms with van der Waals surface area (Å²) in [4.78, 5) is 16.8. The number of fused-ring (bicyclic) bond motifs is 2. The molecule has 0 aromatic carbocycles. The van der Waals surface area contributed by atoms with Crippen molar-refractivity contribution in [2.75, 3.05) is 0 Å². The molecule has 120 valence electrons. The molecule has 0 aliphatic heterocycles. The molecular formula is C17H20N4O2. The fourth-order valence-electron chi connectivity index (χ4n) is 1.91. The van der Waals surface area contributed by atoms with Gasteiger partial charge in [0.05, 0.1) is 0 Å². The Hall–Kier alpha value is -2.76. The van der Waals surface area contributed by atoms with Crippen molar-refractivity contribution in [3.63, 3.8) is 0 Å². The molecule has 0 N–H and O–H groups in total. The second kappa shape index (κ2) is 8.03. The van der Waals surface area contributed by atoms with Crippen molar-refractivity contribution in [3.05, 3.63) is 48.4 Å². The fourth-order valence-corrected chi connectivity index (χ4v) is 1.91. The standard InChI is InChI=1S/C13H8N4O2.2C2H6/c1-3-8-13(15-6-1)19-10(16-8)7-11-17-12-9(18-11)4-2-5-14-12;2*1-2/h1-6H,7H2;2*1-2H3. The summed E-state index contributed by atoms with van der Waals surface area (Å²) in [5.41, 5.74) is 2.50. The first kappa shape index (κ1) is 16.6. The topological polar surface area (TPSA) is 77.8 Å². The van der Waals surface area contributed by atoms with Crippen LogP contribution in [-0.4, -0.2) is 19.9 Å². The van der Waals surface area contributed by atoms with E-state index in [1.54, 1.807) is 18.5 Å². The molecule has 0 saturated carbocycles. The first-order valence-electron chi connectivity index (χ1n) is 7.79. The molecule has 0 fully saturated rings. The van der Waals surface area contributed by atoms with Crippen LogP contribution in [-0.2, 0) is 6.42 Å². The van der Waals surface area contributed by atoms with Gasteiger partial charge in [-0.25, -0.2) is 15.0 Å². The molecule has 23 heavy (non-hydrogen) atoms. The summed E-state index contributed by atoms with van der Waals surface area (Å²) in [7, 11) is 0. The Bertz CT molecular complexity index is 729. The summed E-state index contributed by atoms with van der Waals surface area (Å²) in [6.07, 6.45) is 3.73. The van der Waals surface area contributed by atoms with Crippen LogP contribution in [0, 0.1) is 0 Å². The summed E-state index contributed by atoms with van der Waals surface area (Å²) >= 11 is 0. The van der Waals surface area contributed by atoms with Crippen LogP contribution in [0.2, 0.25) is 0 Å². The van der Waals surface area contributed by atoms with Crippen molar-refractivity contribution < 1.29 is 8.83 Å². The summed E-state index contributed by atoms with van der Waals surface area (Å²) in [5, 5.41) is 0. The molecular weight excluding hydrogens is 292 g/mol. The van der Waals surface area contributed by atoms with Crippen LogP contribution in [0.5, 0.6) is 0 Å². The highest BCUT2D eigenvalue weighted by Crippen LogP contribution is 2.18. The van der Waals surface area contributed by atoms with E-state index >= 15 is 0 Å². The van der Waals surface area contributed by atoms with Crippen molar-refractivity contribution in [1.82, 2.24) is 19.9 Å². The minimum atomic E-state index is 0.382. The molecule has 0 unspecified atom stereocenters. The van der Waals surface area contributed by atoms with Crippen LogP contribution in [0.3, 0.4) is 0 Å². The fraction of sp³-hybridized carbons (Fsp3) is 0.294. The number of rotatable bonds is 2. The van der Waals surface area contributed by atoms with Crippen molar-refractivity contribution in [1.29, 1.82) is 0 Å². The Morgan fingerprint density at radius 2 is 1.52 bits per heavy atom. The molecule has 6 heteroatoms. The highest BCUT2D eigenvalue weighted by Gasteiger charge is 2.12. The third-order valence-corrected chi connectivity index (χ3v) is 2.72. The minimum absolute atomic E-state index is 0.382. The van der Waals surface area contributed by atoms with Gasteiger partial charge in [0, 0.05) is 12.4 Å². The zero-order valence-corrected chi connectivity index (χ0v) is 13.8. The van der Waals surface area contributed by atoms with Crippen molar-refractivity contribution in [2.45, 2.75) is 34.1 Å². The molecule has 0 aliphatic rings. The molecule has 4 rings (SSSR count). The van der Waals surface area contributed by atoms with E-state index in [2.05, 4.69) is 19.9 Å². The first-order chi connectivity index (χ1) is 11.4. The lowest BCUT2D eigenvalue weighted by Crippen LogP contribution is -1.87. The highest BCUT2D eigenvalue weighted by molar-refractivity contribution is 5.68. The van der Waals surface area contributed by atoms with E-state index in [0.29, 0.717) is 35.1 Å². The van der Waals surface area contributed by atoms with Crippen LogP contribution in [0.1, 0.15) is 39.5 Å². The van der Waals surface area contributed by atoms with Gasteiger partial charge in [0.2, 0.25) is 17.5 Å². The molecule has 0 spiro atoms. The molecule has 0 radical (unpaired) electrons. The number of pyridine rings is 2. The van der Waals surface area contributed by atoms with Crippen molar-refractivity contribution >= 4 is 22.5 Å². The van der Waals surface area contributed by atoms with Crippen molar-refractivity contribution in [2.24, 2.45) is 0 Å². The number of hydrogen-bond donors (Lipinski definition) is 0. The molecule has 0 bridgehead atoms. The lowest BCUT2D eigenvalue weighted by molar-refractivity contribution is 0.485. The van der Waals surface area contributed by atoms with Gasteiger partial charge in [-0.05, 0) is 24.3 Å². The lowest BCUT2D eigenvalue weighted by Gasteiger charge is -1.87. The maximum absolute atomic E-state index is 5.57. The second-order valence-corrected chi connectivity index (χ2v) is 4.04. The molecule has 0 atom stereocenters. The summed E-state index contributed by atoms with van der Waals surface area (Å²) in [6.45, 7) is 8.00. The molecule has 6 nitrogen and oxygen atoms in total. The maximum Gasteiger partial charge on any atom is 0.246 e. The quantitative estimate of drug-likeness (QED) is 0.546. The minimum Gasteiger partial charge on any atom is -0.438 e. The van der Waals surface area contributed by atoms with Crippen LogP contribution >= 0.6 is 0 Å². The Kier molecular flexibility index (Phi) is 5.80. The van der Waals surface area contributed by atoms with E-state index in [4.69, 9.17) is 8.83 Å². The van der Waals surface area contributed by atoms with E-state index < -0.39 is 0 Å². The number of aromatic nitrogens is 4. The highest BCUT2D eigenvalue weighted by atomic mass is 16.4. The van der Waals surface area contributed by atoms with Gasteiger partial charge < -0.3 is 8.83 Å². The van der Waals surface area contributed by atoms with Gasteiger partial charge in [-0.1, -0.05) is 27.7 Å². The molecule has 0 aliphatic carbocycles. The molecule has 4 aromatic rings. The Balaban J connectivity index is 0.000000448. The van der Waals surface area contributed by atoms with Crippen LogP contribution < -0.4 is 0 Å². The number of hydrogen-bond acceptors (Lipinski definition) is 6. The van der Waals surface area contributed by atoms with E-state index in [1.807, 2.05) is 45.9 Å². The van der Waals surface area contributed by atoms with Crippen molar-refractivity contribution in [3.8, 4) is 0 Å². The first-order valence-corrected chi connectivity index (χ1v) is 7.79. The van der Waals surface area contributed by atoms with E-state index in [-0.39, 0.29) is 0 Å². The average molecular weight is 312 g/mol. The maximum atomic E-state index is 5.57. The predicted molar refractivity (Wildman–Crippen MR) is 89.1 cm³/mol. The Morgan fingerprint density at radius 3 is 2.26 bits per heavy atom. The normalized spacial score (nSPS) is 9.91. The summed E-state index contributed by atoms with van der Waals surface area (Å²) in [5.74, 6) is 1.06. The van der Waals surface area contributed by atoms with Gasteiger partial charge in [0.15, 0.2) is 11.2 Å². The van der Waals surface area contributed by atoms with Crippen LogP contribution in [0.4, 0.5) is 0 Å². The Morgan fingerprint density at radius 1 is 0.826 bits per heavy atom. The predicted octanol–water partition coefficient (Wildman–Crippen LogP) is 4.40. The summed E-state index contributed by atoms with van der Waals surface area (Å²) < 4.78 is 11.1.